The normalized spacial score (nSPS) is 21.4. The summed E-state index contributed by atoms with van der Waals surface area (Å²) in [5.41, 5.74) is 0. The molecule has 2 aliphatic rings. The molecule has 0 spiro atoms. The van der Waals surface area contributed by atoms with Gasteiger partial charge in [-0.1, -0.05) is 12.1 Å². The Morgan fingerprint density at radius 3 is 2.80 bits per heavy atom. The number of ether oxygens (including phenoxy) is 3. The number of hydrogen-bond acceptors (Lipinski definition) is 4. The lowest BCUT2D eigenvalue weighted by Gasteiger charge is -2.29. The van der Waals surface area contributed by atoms with E-state index >= 15 is 0 Å². The van der Waals surface area contributed by atoms with Gasteiger partial charge in [0.15, 0.2) is 17.6 Å². The molecular weight excluding hydrogens is 260 g/mol. The fourth-order valence-electron chi connectivity index (χ4n) is 2.24. The summed E-state index contributed by atoms with van der Waals surface area (Å²) in [5, 5.41) is 2.88. The van der Waals surface area contributed by atoms with Crippen molar-refractivity contribution in [3.63, 3.8) is 0 Å². The molecule has 1 fully saturated rings. The smallest absolute Gasteiger partial charge is 0.317 e. The number of benzene rings is 1. The van der Waals surface area contributed by atoms with Gasteiger partial charge in [-0.2, -0.15) is 0 Å². The van der Waals surface area contributed by atoms with Crippen LogP contribution in [0, 0.1) is 0 Å². The zero-order valence-electron chi connectivity index (χ0n) is 11.2. The van der Waals surface area contributed by atoms with E-state index in [0.717, 1.165) is 11.5 Å². The van der Waals surface area contributed by atoms with Gasteiger partial charge in [-0.15, -0.1) is 0 Å². The highest BCUT2D eigenvalue weighted by atomic mass is 16.6. The second-order valence-corrected chi connectivity index (χ2v) is 4.78. The number of carbonyl (C=O) groups is 1. The SMILES string of the molecule is O=C(NC[C@H]1COc2ccccc2O1)N1CCOCC1. The summed E-state index contributed by atoms with van der Waals surface area (Å²) < 4.78 is 16.6. The molecule has 0 bridgehead atoms. The molecule has 20 heavy (non-hydrogen) atoms. The van der Waals surface area contributed by atoms with E-state index in [-0.39, 0.29) is 12.1 Å². The zero-order valence-corrected chi connectivity index (χ0v) is 11.2. The quantitative estimate of drug-likeness (QED) is 0.872. The van der Waals surface area contributed by atoms with Gasteiger partial charge < -0.3 is 24.4 Å². The molecule has 2 amide bonds. The number of amides is 2. The summed E-state index contributed by atoms with van der Waals surface area (Å²) in [7, 11) is 0. The number of urea groups is 1. The number of carbonyl (C=O) groups excluding carboxylic acids is 1. The van der Waals surface area contributed by atoms with E-state index in [1.165, 1.54) is 0 Å². The number of para-hydroxylation sites is 2. The third-order valence-corrected chi connectivity index (χ3v) is 3.35. The Balaban J connectivity index is 1.49. The Kier molecular flexibility index (Phi) is 3.92. The van der Waals surface area contributed by atoms with Crippen molar-refractivity contribution in [1.82, 2.24) is 10.2 Å². The van der Waals surface area contributed by atoms with Crippen LogP contribution in [0.2, 0.25) is 0 Å². The summed E-state index contributed by atoms with van der Waals surface area (Å²) in [6.07, 6.45) is -0.158. The van der Waals surface area contributed by atoms with E-state index in [4.69, 9.17) is 14.2 Å². The Labute approximate surface area is 117 Å². The number of nitrogens with zero attached hydrogens (tertiary/aromatic N) is 1. The highest BCUT2D eigenvalue weighted by molar-refractivity contribution is 5.74. The molecule has 2 aliphatic heterocycles. The Bertz CT molecular complexity index is 474. The summed E-state index contributed by atoms with van der Waals surface area (Å²) in [4.78, 5) is 13.7. The highest BCUT2D eigenvalue weighted by Crippen LogP contribution is 2.30. The fraction of sp³-hybridized carbons (Fsp3) is 0.500. The van der Waals surface area contributed by atoms with Crippen LogP contribution in [-0.4, -0.2) is 56.5 Å². The van der Waals surface area contributed by atoms with Gasteiger partial charge in [-0.3, -0.25) is 0 Å². The van der Waals surface area contributed by atoms with Crippen LogP contribution in [0.5, 0.6) is 11.5 Å². The largest absolute Gasteiger partial charge is 0.486 e. The lowest BCUT2D eigenvalue weighted by Crippen LogP contribution is -2.49. The predicted octanol–water partition coefficient (Wildman–Crippen LogP) is 0.868. The van der Waals surface area contributed by atoms with Crippen LogP contribution in [0.1, 0.15) is 0 Å². The molecule has 3 rings (SSSR count). The van der Waals surface area contributed by atoms with Crippen LogP contribution >= 0.6 is 0 Å². The first-order chi connectivity index (χ1) is 9.83. The fourth-order valence-corrected chi connectivity index (χ4v) is 2.24. The van der Waals surface area contributed by atoms with Crippen LogP contribution in [0.3, 0.4) is 0 Å². The van der Waals surface area contributed by atoms with Crippen molar-refractivity contribution < 1.29 is 19.0 Å². The molecule has 0 unspecified atom stereocenters. The molecular formula is C14H18N2O4. The summed E-state index contributed by atoms with van der Waals surface area (Å²) in [6.45, 7) is 3.35. The summed E-state index contributed by atoms with van der Waals surface area (Å²) in [6, 6.07) is 7.47. The summed E-state index contributed by atoms with van der Waals surface area (Å²) in [5.74, 6) is 1.48. The number of fused-ring (bicyclic) bond motifs is 1. The first kappa shape index (κ1) is 13.1. The Hall–Kier alpha value is -1.95. The van der Waals surface area contributed by atoms with Crippen molar-refractivity contribution in [3.8, 4) is 11.5 Å². The average molecular weight is 278 g/mol. The van der Waals surface area contributed by atoms with E-state index in [1.807, 2.05) is 24.3 Å². The zero-order chi connectivity index (χ0) is 13.8. The molecule has 0 saturated carbocycles. The van der Waals surface area contributed by atoms with Crippen LogP contribution < -0.4 is 14.8 Å². The molecule has 1 N–H and O–H groups in total. The van der Waals surface area contributed by atoms with Gasteiger partial charge in [0.05, 0.1) is 19.8 Å². The minimum absolute atomic E-state index is 0.0734. The van der Waals surface area contributed by atoms with E-state index in [1.54, 1.807) is 4.90 Å². The van der Waals surface area contributed by atoms with Gasteiger partial charge >= 0.3 is 6.03 Å². The lowest BCUT2D eigenvalue weighted by molar-refractivity contribution is 0.0506. The predicted molar refractivity (Wildman–Crippen MR) is 72.1 cm³/mol. The number of nitrogens with one attached hydrogen (secondary N) is 1. The molecule has 1 aromatic rings. The Morgan fingerprint density at radius 1 is 1.25 bits per heavy atom. The van der Waals surface area contributed by atoms with Gasteiger partial charge in [0.25, 0.3) is 0 Å². The van der Waals surface area contributed by atoms with Crippen LogP contribution in [0.4, 0.5) is 4.79 Å². The van der Waals surface area contributed by atoms with E-state index < -0.39 is 0 Å². The van der Waals surface area contributed by atoms with Gasteiger partial charge in [0, 0.05) is 13.1 Å². The molecule has 1 atom stereocenters. The van der Waals surface area contributed by atoms with E-state index in [0.29, 0.717) is 39.5 Å². The molecule has 1 aromatic carbocycles. The van der Waals surface area contributed by atoms with Gasteiger partial charge in [-0.05, 0) is 12.1 Å². The van der Waals surface area contributed by atoms with Crippen molar-refractivity contribution in [2.24, 2.45) is 0 Å². The summed E-state index contributed by atoms with van der Waals surface area (Å²) >= 11 is 0. The third-order valence-electron chi connectivity index (χ3n) is 3.35. The van der Waals surface area contributed by atoms with E-state index in [2.05, 4.69) is 5.32 Å². The molecule has 0 radical (unpaired) electrons. The van der Waals surface area contributed by atoms with Gasteiger partial charge in [-0.25, -0.2) is 4.79 Å². The standard InChI is InChI=1S/C14H18N2O4/c17-14(16-5-7-18-8-6-16)15-9-11-10-19-12-3-1-2-4-13(12)20-11/h1-4,11H,5-10H2,(H,15,17)/t11-/m0/s1. The maximum absolute atomic E-state index is 11.9. The maximum atomic E-state index is 11.9. The van der Waals surface area contributed by atoms with Gasteiger partial charge in [0.2, 0.25) is 0 Å². The molecule has 0 aliphatic carbocycles. The van der Waals surface area contributed by atoms with E-state index in [9.17, 15) is 4.79 Å². The third kappa shape index (κ3) is 2.96. The van der Waals surface area contributed by atoms with Crippen molar-refractivity contribution in [2.75, 3.05) is 39.5 Å². The maximum Gasteiger partial charge on any atom is 0.317 e. The van der Waals surface area contributed by atoms with Crippen LogP contribution in [0.15, 0.2) is 24.3 Å². The molecule has 108 valence electrons. The number of morpholine rings is 1. The number of hydrogen-bond donors (Lipinski definition) is 1. The molecule has 2 heterocycles. The topological polar surface area (TPSA) is 60.0 Å². The van der Waals surface area contributed by atoms with Crippen molar-refractivity contribution >= 4 is 6.03 Å². The average Bonchev–Trinajstić information content (AvgIpc) is 2.53. The highest BCUT2D eigenvalue weighted by Gasteiger charge is 2.22. The second-order valence-electron chi connectivity index (χ2n) is 4.78. The van der Waals surface area contributed by atoms with Crippen LogP contribution in [-0.2, 0) is 4.74 Å². The Morgan fingerprint density at radius 2 is 2.00 bits per heavy atom. The van der Waals surface area contributed by atoms with Crippen molar-refractivity contribution in [2.45, 2.75) is 6.10 Å². The molecule has 0 aromatic heterocycles. The first-order valence-electron chi connectivity index (χ1n) is 6.82. The molecule has 1 saturated heterocycles. The van der Waals surface area contributed by atoms with Crippen molar-refractivity contribution in [1.29, 1.82) is 0 Å². The molecule has 6 heteroatoms. The van der Waals surface area contributed by atoms with Gasteiger partial charge in [0.1, 0.15) is 6.61 Å². The molecule has 6 nitrogen and oxygen atoms in total. The second kappa shape index (κ2) is 6.00. The minimum atomic E-state index is -0.158. The first-order valence-corrected chi connectivity index (χ1v) is 6.82. The van der Waals surface area contributed by atoms with Crippen molar-refractivity contribution in [3.05, 3.63) is 24.3 Å². The monoisotopic (exact) mass is 278 g/mol. The number of rotatable bonds is 2. The minimum Gasteiger partial charge on any atom is -0.486 e. The van der Waals surface area contributed by atoms with Crippen LogP contribution in [0.25, 0.3) is 0 Å². The lowest BCUT2D eigenvalue weighted by atomic mass is 10.2.